The summed E-state index contributed by atoms with van der Waals surface area (Å²) in [5.74, 6) is -1.78. The van der Waals surface area contributed by atoms with Crippen LogP contribution in [-0.4, -0.2) is 54.0 Å². The van der Waals surface area contributed by atoms with Crippen LogP contribution in [0.5, 0.6) is 0 Å². The van der Waals surface area contributed by atoms with Gasteiger partial charge >= 0.3 is 0 Å². The maximum atomic E-state index is 13.1. The molecule has 2 N–H and O–H groups in total. The third-order valence-electron chi connectivity index (χ3n) is 5.61. The van der Waals surface area contributed by atoms with E-state index in [0.717, 1.165) is 36.6 Å². The van der Waals surface area contributed by atoms with Gasteiger partial charge in [-0.2, -0.15) is 0 Å². The van der Waals surface area contributed by atoms with Gasteiger partial charge in [0.05, 0.1) is 0 Å². The minimum Gasteiger partial charge on any atom is -0.355 e. The van der Waals surface area contributed by atoms with E-state index in [1.807, 2.05) is 20.8 Å². The van der Waals surface area contributed by atoms with Crippen molar-refractivity contribution in [2.45, 2.75) is 58.0 Å². The van der Waals surface area contributed by atoms with Gasteiger partial charge in [0.25, 0.3) is 5.91 Å². The number of nitrogens with one attached hydrogen (secondary N) is 2. The fourth-order valence-corrected chi connectivity index (χ4v) is 3.79. The molecule has 0 aromatic carbocycles. The zero-order valence-electron chi connectivity index (χ0n) is 15.8. The molecule has 1 unspecified atom stereocenters. The number of aromatic nitrogens is 2. The Morgan fingerprint density at radius 3 is 2.62 bits per heavy atom. The maximum Gasteiger partial charge on any atom is 0.288 e. The van der Waals surface area contributed by atoms with Crippen LogP contribution in [0.3, 0.4) is 0 Å². The van der Waals surface area contributed by atoms with E-state index in [0.29, 0.717) is 0 Å². The molecule has 1 aromatic rings. The molecule has 2 fully saturated rings. The van der Waals surface area contributed by atoms with E-state index in [4.69, 9.17) is 0 Å². The number of carbonyl (C=O) groups excluding carboxylic acids is 1. The van der Waals surface area contributed by atoms with E-state index in [2.05, 4.69) is 25.5 Å². The Labute approximate surface area is 152 Å². The summed E-state index contributed by atoms with van der Waals surface area (Å²) < 4.78 is 26.2. The predicted octanol–water partition coefficient (Wildman–Crippen LogP) is 2.06. The summed E-state index contributed by atoms with van der Waals surface area (Å²) in [7, 11) is 1.56. The molecule has 0 spiro atoms. The van der Waals surface area contributed by atoms with Gasteiger partial charge in [-0.3, -0.25) is 4.79 Å². The van der Waals surface area contributed by atoms with Gasteiger partial charge in [-0.05, 0) is 33.1 Å². The van der Waals surface area contributed by atoms with Crippen LogP contribution in [0, 0.1) is 19.8 Å². The molecule has 2 atom stereocenters. The predicted molar refractivity (Wildman–Crippen MR) is 95.8 cm³/mol. The van der Waals surface area contributed by atoms with Gasteiger partial charge in [-0.1, -0.05) is 0 Å². The Kier molecular flexibility index (Phi) is 5.14. The normalized spacial score (nSPS) is 23.6. The topological polar surface area (TPSA) is 70.2 Å². The first kappa shape index (κ1) is 18.9. The number of anilines is 1. The molecule has 1 saturated carbocycles. The summed E-state index contributed by atoms with van der Waals surface area (Å²) in [6.45, 7) is 7.38. The lowest BCUT2D eigenvalue weighted by Crippen LogP contribution is -2.50. The summed E-state index contributed by atoms with van der Waals surface area (Å²) in [5.41, 5.74) is 1.75. The fourth-order valence-electron chi connectivity index (χ4n) is 3.79. The Bertz CT molecular complexity index is 688. The van der Waals surface area contributed by atoms with Crippen LogP contribution in [0.15, 0.2) is 0 Å². The van der Waals surface area contributed by atoms with Crippen molar-refractivity contribution in [3.63, 3.8) is 0 Å². The molecule has 0 radical (unpaired) electrons. The molecular formula is C18H27F2N5O. The lowest BCUT2D eigenvalue weighted by Gasteiger charge is -2.40. The molecule has 2 aliphatic rings. The van der Waals surface area contributed by atoms with Crippen molar-refractivity contribution in [2.24, 2.45) is 5.92 Å². The van der Waals surface area contributed by atoms with Crippen LogP contribution in [-0.2, 0) is 0 Å². The van der Waals surface area contributed by atoms with E-state index in [1.165, 1.54) is 0 Å². The van der Waals surface area contributed by atoms with Crippen LogP contribution in [0.1, 0.15) is 48.1 Å². The van der Waals surface area contributed by atoms with Crippen molar-refractivity contribution in [3.05, 3.63) is 17.1 Å². The highest BCUT2D eigenvalue weighted by Crippen LogP contribution is 2.44. The number of nitrogens with zero attached hydrogens (tertiary/aromatic N) is 3. The standard InChI is InChI=1S/C18H27F2N5O/c1-10-11(2)23-15(17(26)21-4)24-16(10)25-6-5-14(9-25)22-12(3)13-7-18(19,20)8-13/h12-14,22H,5-9H2,1-4H3,(H,21,26)/t12?,14-/m1/s1. The summed E-state index contributed by atoms with van der Waals surface area (Å²) in [4.78, 5) is 22.8. The third kappa shape index (κ3) is 3.79. The van der Waals surface area contributed by atoms with Crippen LogP contribution in [0.2, 0.25) is 0 Å². The number of aryl methyl sites for hydroxylation is 1. The molecule has 144 valence electrons. The van der Waals surface area contributed by atoms with Crippen molar-refractivity contribution < 1.29 is 13.6 Å². The molecule has 1 amide bonds. The average Bonchev–Trinajstić information content (AvgIpc) is 3.02. The molecule has 6 nitrogen and oxygen atoms in total. The molecule has 1 saturated heterocycles. The Morgan fingerprint density at radius 2 is 2.00 bits per heavy atom. The zero-order chi connectivity index (χ0) is 19.1. The van der Waals surface area contributed by atoms with Gasteiger partial charge in [0.15, 0.2) is 0 Å². The van der Waals surface area contributed by atoms with E-state index in [-0.39, 0.29) is 42.6 Å². The quantitative estimate of drug-likeness (QED) is 0.834. The smallest absolute Gasteiger partial charge is 0.288 e. The Morgan fingerprint density at radius 1 is 1.31 bits per heavy atom. The zero-order valence-corrected chi connectivity index (χ0v) is 15.8. The largest absolute Gasteiger partial charge is 0.355 e. The SMILES string of the molecule is CNC(=O)c1nc(C)c(C)c(N2CC[C@@H](NC(C)C3CC(F)(F)C3)C2)n1. The van der Waals surface area contributed by atoms with Crippen LogP contribution in [0.25, 0.3) is 0 Å². The minimum absolute atomic E-state index is 0.0166. The van der Waals surface area contributed by atoms with E-state index >= 15 is 0 Å². The van der Waals surface area contributed by atoms with Crippen molar-refractivity contribution in [1.82, 2.24) is 20.6 Å². The van der Waals surface area contributed by atoms with E-state index in [9.17, 15) is 13.6 Å². The van der Waals surface area contributed by atoms with Crippen molar-refractivity contribution in [3.8, 4) is 0 Å². The van der Waals surface area contributed by atoms with Gasteiger partial charge in [-0.25, -0.2) is 18.7 Å². The molecule has 1 aliphatic carbocycles. The molecule has 1 aromatic heterocycles. The number of hydrogen-bond acceptors (Lipinski definition) is 5. The highest BCUT2D eigenvalue weighted by Gasteiger charge is 2.47. The summed E-state index contributed by atoms with van der Waals surface area (Å²) >= 11 is 0. The maximum absolute atomic E-state index is 13.1. The average molecular weight is 367 g/mol. The first-order valence-electron chi connectivity index (χ1n) is 9.16. The number of halogens is 2. The number of amides is 1. The molecule has 8 heteroatoms. The highest BCUT2D eigenvalue weighted by atomic mass is 19.3. The monoisotopic (exact) mass is 367 g/mol. The van der Waals surface area contributed by atoms with Gasteiger partial charge in [0.2, 0.25) is 11.7 Å². The van der Waals surface area contributed by atoms with Gasteiger partial charge in [0.1, 0.15) is 5.82 Å². The molecule has 26 heavy (non-hydrogen) atoms. The third-order valence-corrected chi connectivity index (χ3v) is 5.61. The molecule has 1 aliphatic heterocycles. The molecule has 2 heterocycles. The summed E-state index contributed by atoms with van der Waals surface area (Å²) in [6.07, 6.45) is 0.889. The van der Waals surface area contributed by atoms with E-state index < -0.39 is 5.92 Å². The first-order valence-corrected chi connectivity index (χ1v) is 9.16. The molecular weight excluding hydrogens is 340 g/mol. The highest BCUT2D eigenvalue weighted by molar-refractivity contribution is 5.90. The number of alkyl halides is 2. The number of rotatable bonds is 5. The van der Waals surface area contributed by atoms with Gasteiger partial charge in [0, 0.05) is 56.3 Å². The number of hydrogen-bond donors (Lipinski definition) is 2. The Hall–Kier alpha value is -1.83. The lowest BCUT2D eigenvalue weighted by atomic mass is 9.77. The van der Waals surface area contributed by atoms with Crippen molar-refractivity contribution in [2.75, 3.05) is 25.0 Å². The van der Waals surface area contributed by atoms with Crippen molar-refractivity contribution in [1.29, 1.82) is 0 Å². The summed E-state index contributed by atoms with van der Waals surface area (Å²) in [6, 6.07) is 0.312. The number of carbonyl (C=O) groups is 1. The van der Waals surface area contributed by atoms with Gasteiger partial charge < -0.3 is 15.5 Å². The van der Waals surface area contributed by atoms with Crippen LogP contribution in [0.4, 0.5) is 14.6 Å². The molecule has 3 rings (SSSR count). The van der Waals surface area contributed by atoms with E-state index in [1.54, 1.807) is 7.05 Å². The second-order valence-electron chi connectivity index (χ2n) is 7.57. The summed E-state index contributed by atoms with van der Waals surface area (Å²) in [5, 5.41) is 6.06. The minimum atomic E-state index is -2.48. The first-order chi connectivity index (χ1) is 12.2. The lowest BCUT2D eigenvalue weighted by molar-refractivity contribution is -0.118. The second-order valence-corrected chi connectivity index (χ2v) is 7.57. The van der Waals surface area contributed by atoms with Crippen molar-refractivity contribution >= 4 is 11.7 Å². The van der Waals surface area contributed by atoms with Crippen LogP contribution < -0.4 is 15.5 Å². The Balaban J connectivity index is 1.65. The second kappa shape index (κ2) is 7.06. The van der Waals surface area contributed by atoms with Crippen LogP contribution >= 0.6 is 0 Å². The molecule has 0 bridgehead atoms. The fraction of sp³-hybridized carbons (Fsp3) is 0.722. The van der Waals surface area contributed by atoms with Gasteiger partial charge in [-0.15, -0.1) is 0 Å².